The lowest BCUT2D eigenvalue weighted by Gasteiger charge is -2.35. The van der Waals surface area contributed by atoms with Gasteiger partial charge in [0.1, 0.15) is 30.5 Å². The first-order valence-electron chi connectivity index (χ1n) is 10.7. The molecule has 0 saturated carbocycles. The molecular formula is C24H23F2N5O3. The summed E-state index contributed by atoms with van der Waals surface area (Å²) < 4.78 is 34.1. The molecule has 1 aliphatic heterocycles. The third kappa shape index (κ3) is 4.39. The SMILES string of the molecule is CCOC(=O)C1=C(C)N(CC(=O)Nc2ccc(F)cc2F)c2ncnn2[C@H]1c1ccc(C)cc1. The highest BCUT2D eigenvalue weighted by molar-refractivity contribution is 5.96. The lowest BCUT2D eigenvalue weighted by atomic mass is 9.94. The Kier molecular flexibility index (Phi) is 6.40. The number of hydrogen-bond donors (Lipinski definition) is 1. The molecule has 0 unspecified atom stereocenters. The molecule has 2 aromatic carbocycles. The smallest absolute Gasteiger partial charge is 0.338 e. The number of fused-ring (bicyclic) bond motifs is 1. The van der Waals surface area contributed by atoms with Gasteiger partial charge in [0.25, 0.3) is 0 Å². The van der Waals surface area contributed by atoms with E-state index >= 15 is 0 Å². The molecule has 176 valence electrons. The highest BCUT2D eigenvalue weighted by Crippen LogP contribution is 2.38. The average molecular weight is 467 g/mol. The predicted octanol–water partition coefficient (Wildman–Crippen LogP) is 3.75. The van der Waals surface area contributed by atoms with Crippen LogP contribution in [-0.4, -0.2) is 39.8 Å². The van der Waals surface area contributed by atoms with Crippen molar-refractivity contribution < 1.29 is 23.1 Å². The molecule has 4 rings (SSSR count). The van der Waals surface area contributed by atoms with Crippen molar-refractivity contribution in [2.75, 3.05) is 23.4 Å². The van der Waals surface area contributed by atoms with Gasteiger partial charge in [-0.2, -0.15) is 10.1 Å². The minimum absolute atomic E-state index is 0.158. The number of nitrogens with zero attached hydrogens (tertiary/aromatic N) is 4. The van der Waals surface area contributed by atoms with E-state index in [1.54, 1.807) is 18.5 Å². The highest BCUT2D eigenvalue weighted by Gasteiger charge is 2.38. The highest BCUT2D eigenvalue weighted by atomic mass is 19.1. The molecule has 10 heteroatoms. The number of hydrogen-bond acceptors (Lipinski definition) is 6. The third-order valence-electron chi connectivity index (χ3n) is 5.50. The zero-order valence-electron chi connectivity index (χ0n) is 18.9. The van der Waals surface area contributed by atoms with Gasteiger partial charge in [-0.1, -0.05) is 29.8 Å². The number of esters is 1. The van der Waals surface area contributed by atoms with Gasteiger partial charge in [0, 0.05) is 11.8 Å². The van der Waals surface area contributed by atoms with Crippen LogP contribution < -0.4 is 10.2 Å². The lowest BCUT2D eigenvalue weighted by Crippen LogP contribution is -2.41. The van der Waals surface area contributed by atoms with Crippen LogP contribution in [0.4, 0.5) is 20.4 Å². The van der Waals surface area contributed by atoms with E-state index in [-0.39, 0.29) is 18.8 Å². The molecule has 0 aliphatic carbocycles. The number of aryl methyl sites for hydroxylation is 1. The molecule has 3 aromatic rings. The Morgan fingerprint density at radius 1 is 1.12 bits per heavy atom. The van der Waals surface area contributed by atoms with Crippen LogP contribution in [0.2, 0.25) is 0 Å². The molecule has 0 saturated heterocycles. The summed E-state index contributed by atoms with van der Waals surface area (Å²) in [6.45, 7) is 5.25. The number of allylic oxidation sites excluding steroid dienone is 1. The van der Waals surface area contributed by atoms with Gasteiger partial charge in [0.2, 0.25) is 11.9 Å². The van der Waals surface area contributed by atoms with Gasteiger partial charge in [-0.05, 0) is 38.5 Å². The van der Waals surface area contributed by atoms with Crippen molar-refractivity contribution in [3.63, 3.8) is 0 Å². The van der Waals surface area contributed by atoms with Gasteiger partial charge in [-0.15, -0.1) is 0 Å². The van der Waals surface area contributed by atoms with Crippen molar-refractivity contribution in [2.24, 2.45) is 0 Å². The average Bonchev–Trinajstić information content (AvgIpc) is 3.27. The summed E-state index contributed by atoms with van der Waals surface area (Å²) >= 11 is 0. The molecule has 1 aromatic heterocycles. The van der Waals surface area contributed by atoms with E-state index < -0.39 is 29.6 Å². The summed E-state index contributed by atoms with van der Waals surface area (Å²) in [4.78, 5) is 31.6. The van der Waals surface area contributed by atoms with Gasteiger partial charge in [0.15, 0.2) is 0 Å². The van der Waals surface area contributed by atoms with Gasteiger partial charge >= 0.3 is 5.97 Å². The van der Waals surface area contributed by atoms with Crippen molar-refractivity contribution in [1.29, 1.82) is 0 Å². The fourth-order valence-corrected chi connectivity index (χ4v) is 3.87. The third-order valence-corrected chi connectivity index (χ3v) is 5.50. The molecule has 0 radical (unpaired) electrons. The summed E-state index contributed by atoms with van der Waals surface area (Å²) in [7, 11) is 0. The summed E-state index contributed by atoms with van der Waals surface area (Å²) in [5.74, 6) is -2.43. The van der Waals surface area contributed by atoms with Crippen LogP contribution in [0.5, 0.6) is 0 Å². The molecule has 1 amide bonds. The van der Waals surface area contributed by atoms with Crippen molar-refractivity contribution in [2.45, 2.75) is 26.8 Å². The zero-order valence-corrected chi connectivity index (χ0v) is 18.9. The second kappa shape index (κ2) is 9.42. The van der Waals surface area contributed by atoms with E-state index in [2.05, 4.69) is 15.4 Å². The van der Waals surface area contributed by atoms with Crippen LogP contribution in [0.1, 0.15) is 31.0 Å². The van der Waals surface area contributed by atoms with Crippen molar-refractivity contribution in [1.82, 2.24) is 14.8 Å². The van der Waals surface area contributed by atoms with Gasteiger partial charge in [0.05, 0.1) is 17.9 Å². The van der Waals surface area contributed by atoms with Crippen LogP contribution in [0.15, 0.2) is 60.1 Å². The maximum absolute atomic E-state index is 14.0. The lowest BCUT2D eigenvalue weighted by molar-refractivity contribution is -0.139. The quantitative estimate of drug-likeness (QED) is 0.556. The molecule has 1 N–H and O–H groups in total. The zero-order chi connectivity index (χ0) is 24.4. The number of aromatic nitrogens is 3. The maximum atomic E-state index is 14.0. The Labute approximate surface area is 194 Å². The van der Waals surface area contributed by atoms with Crippen molar-refractivity contribution in [3.8, 4) is 0 Å². The molecule has 1 atom stereocenters. The first-order valence-corrected chi connectivity index (χ1v) is 10.7. The number of anilines is 2. The van der Waals surface area contributed by atoms with Crippen molar-refractivity contribution in [3.05, 3.63) is 82.8 Å². The molecule has 34 heavy (non-hydrogen) atoms. The second-order valence-electron chi connectivity index (χ2n) is 7.80. The molecule has 0 bridgehead atoms. The first kappa shape index (κ1) is 23.1. The van der Waals surface area contributed by atoms with Gasteiger partial charge in [-0.3, -0.25) is 4.79 Å². The predicted molar refractivity (Wildman–Crippen MR) is 121 cm³/mol. The minimum atomic E-state index is -0.894. The Bertz CT molecular complexity index is 1270. The molecule has 1 aliphatic rings. The second-order valence-corrected chi connectivity index (χ2v) is 7.80. The van der Waals surface area contributed by atoms with Crippen LogP contribution >= 0.6 is 0 Å². The number of amides is 1. The molecule has 2 heterocycles. The number of ether oxygens (including phenoxy) is 1. The Morgan fingerprint density at radius 2 is 1.85 bits per heavy atom. The minimum Gasteiger partial charge on any atom is -0.463 e. The Balaban J connectivity index is 1.72. The fraction of sp³-hybridized carbons (Fsp3) is 0.250. The standard InChI is InChI=1S/C24H23F2N5O3/c1-4-34-23(33)21-15(3)30(12-20(32)29-19-10-9-17(25)11-18(19)26)24-27-13-28-31(24)22(21)16-7-5-14(2)6-8-16/h5-11,13,22H,4,12H2,1-3H3,(H,29,32)/t22-/m0/s1. The summed E-state index contributed by atoms with van der Waals surface area (Å²) in [5.41, 5.74) is 2.47. The van der Waals surface area contributed by atoms with Gasteiger partial charge < -0.3 is 15.0 Å². The van der Waals surface area contributed by atoms with E-state index in [9.17, 15) is 18.4 Å². The molecule has 8 nitrogen and oxygen atoms in total. The molecule has 0 fully saturated rings. The van der Waals surface area contributed by atoms with E-state index in [0.29, 0.717) is 23.3 Å². The number of rotatable bonds is 6. The monoisotopic (exact) mass is 467 g/mol. The normalized spacial score (nSPS) is 15.2. The van der Waals surface area contributed by atoms with Crippen LogP contribution in [-0.2, 0) is 14.3 Å². The Morgan fingerprint density at radius 3 is 2.53 bits per heavy atom. The number of carbonyl (C=O) groups excluding carboxylic acids is 2. The molecule has 0 spiro atoms. The van der Waals surface area contributed by atoms with E-state index in [4.69, 9.17) is 4.74 Å². The summed E-state index contributed by atoms with van der Waals surface area (Å²) in [6, 6.07) is 9.93. The Hall–Kier alpha value is -4.08. The molecular weight excluding hydrogens is 444 g/mol. The number of carbonyl (C=O) groups is 2. The topological polar surface area (TPSA) is 89.3 Å². The largest absolute Gasteiger partial charge is 0.463 e. The van der Waals surface area contributed by atoms with E-state index in [0.717, 1.165) is 23.3 Å². The first-order chi connectivity index (χ1) is 16.3. The van der Waals surface area contributed by atoms with E-state index in [1.807, 2.05) is 31.2 Å². The van der Waals surface area contributed by atoms with Gasteiger partial charge in [-0.25, -0.2) is 18.3 Å². The number of benzene rings is 2. The van der Waals surface area contributed by atoms with Crippen LogP contribution in [0, 0.1) is 18.6 Å². The number of halogens is 2. The van der Waals surface area contributed by atoms with E-state index in [1.165, 1.54) is 11.2 Å². The summed E-state index contributed by atoms with van der Waals surface area (Å²) in [5, 5.41) is 6.75. The van der Waals surface area contributed by atoms with Crippen molar-refractivity contribution >= 4 is 23.5 Å². The summed E-state index contributed by atoms with van der Waals surface area (Å²) in [6.07, 6.45) is 1.34. The fourth-order valence-electron chi connectivity index (χ4n) is 3.87. The number of nitrogens with one attached hydrogen (secondary N) is 1. The maximum Gasteiger partial charge on any atom is 0.338 e. The van der Waals surface area contributed by atoms with Crippen LogP contribution in [0.25, 0.3) is 0 Å². The van der Waals surface area contributed by atoms with Crippen LogP contribution in [0.3, 0.4) is 0 Å².